The quantitative estimate of drug-likeness (QED) is 0.688. The van der Waals surface area contributed by atoms with E-state index in [9.17, 15) is 0 Å². The van der Waals surface area contributed by atoms with Crippen LogP contribution in [0.15, 0.2) is 0 Å². The third kappa shape index (κ3) is 1.93. The lowest BCUT2D eigenvalue weighted by molar-refractivity contribution is 0.101. The summed E-state index contributed by atoms with van der Waals surface area (Å²) in [5.74, 6) is 0. The van der Waals surface area contributed by atoms with E-state index in [1.165, 1.54) is 58.3 Å². The average Bonchev–Trinajstić information content (AvgIpc) is 2.51. The molecule has 0 spiro atoms. The van der Waals surface area contributed by atoms with E-state index in [-0.39, 0.29) is 0 Å². The highest BCUT2D eigenvalue weighted by molar-refractivity contribution is 4.93. The third-order valence-corrected chi connectivity index (χ3v) is 4.50. The maximum Gasteiger partial charge on any atom is 0.0223 e. The Morgan fingerprint density at radius 1 is 0.867 bits per heavy atom. The van der Waals surface area contributed by atoms with Crippen molar-refractivity contribution in [3.05, 3.63) is 0 Å². The van der Waals surface area contributed by atoms with Crippen molar-refractivity contribution in [2.24, 2.45) is 5.73 Å². The van der Waals surface area contributed by atoms with Crippen LogP contribution in [-0.4, -0.2) is 54.1 Å². The topological polar surface area (TPSA) is 32.5 Å². The Balaban J connectivity index is 1.60. The van der Waals surface area contributed by atoms with Crippen molar-refractivity contribution in [3.8, 4) is 0 Å². The predicted octanol–water partition coefficient (Wildman–Crippen LogP) is 0.646. The molecule has 3 heteroatoms. The van der Waals surface area contributed by atoms with Gasteiger partial charge in [-0.25, -0.2) is 0 Å². The summed E-state index contributed by atoms with van der Waals surface area (Å²) in [4.78, 5) is 5.43. The van der Waals surface area contributed by atoms with Gasteiger partial charge in [-0.15, -0.1) is 0 Å². The van der Waals surface area contributed by atoms with E-state index in [1.807, 2.05) is 0 Å². The minimum atomic E-state index is 0.498. The number of nitrogens with zero attached hydrogens (tertiary/aromatic N) is 2. The highest BCUT2D eigenvalue weighted by Crippen LogP contribution is 2.28. The van der Waals surface area contributed by atoms with Crippen molar-refractivity contribution >= 4 is 0 Å². The van der Waals surface area contributed by atoms with Crippen molar-refractivity contribution in [1.29, 1.82) is 0 Å². The first-order chi connectivity index (χ1) is 7.33. The van der Waals surface area contributed by atoms with Gasteiger partial charge in [-0.05, 0) is 51.7 Å². The zero-order valence-corrected chi connectivity index (χ0v) is 9.57. The molecule has 1 atom stereocenters. The molecule has 3 fully saturated rings. The first-order valence-electron chi connectivity index (χ1n) is 6.56. The monoisotopic (exact) mass is 209 g/mol. The molecule has 86 valence electrons. The number of hydrogen-bond acceptors (Lipinski definition) is 3. The van der Waals surface area contributed by atoms with Gasteiger partial charge < -0.3 is 5.73 Å². The van der Waals surface area contributed by atoms with E-state index in [4.69, 9.17) is 5.73 Å². The third-order valence-electron chi connectivity index (χ3n) is 4.50. The van der Waals surface area contributed by atoms with Gasteiger partial charge in [0.15, 0.2) is 0 Å². The normalized spacial score (nSPS) is 43.4. The SMILES string of the molecule is NC1CC(N2CCCN3CCCC3C2)C1. The van der Waals surface area contributed by atoms with Gasteiger partial charge in [-0.3, -0.25) is 9.80 Å². The van der Waals surface area contributed by atoms with Crippen molar-refractivity contribution in [1.82, 2.24) is 9.80 Å². The summed E-state index contributed by atoms with van der Waals surface area (Å²) in [6, 6.07) is 2.18. The summed E-state index contributed by atoms with van der Waals surface area (Å²) in [5.41, 5.74) is 5.88. The molecule has 0 amide bonds. The second kappa shape index (κ2) is 4.04. The van der Waals surface area contributed by atoms with Gasteiger partial charge in [0.1, 0.15) is 0 Å². The summed E-state index contributed by atoms with van der Waals surface area (Å²) < 4.78 is 0. The van der Waals surface area contributed by atoms with Crippen LogP contribution in [0.5, 0.6) is 0 Å². The Kier molecular flexibility index (Phi) is 2.71. The fraction of sp³-hybridized carbons (Fsp3) is 1.00. The molecule has 3 rings (SSSR count). The van der Waals surface area contributed by atoms with Crippen LogP contribution >= 0.6 is 0 Å². The van der Waals surface area contributed by atoms with E-state index >= 15 is 0 Å². The molecule has 0 bridgehead atoms. The minimum absolute atomic E-state index is 0.498. The highest BCUT2D eigenvalue weighted by atomic mass is 15.3. The van der Waals surface area contributed by atoms with Crippen LogP contribution in [-0.2, 0) is 0 Å². The van der Waals surface area contributed by atoms with Gasteiger partial charge in [-0.2, -0.15) is 0 Å². The lowest BCUT2D eigenvalue weighted by Crippen LogP contribution is -2.52. The largest absolute Gasteiger partial charge is 0.328 e. The minimum Gasteiger partial charge on any atom is -0.328 e. The molecule has 1 unspecified atom stereocenters. The first-order valence-corrected chi connectivity index (χ1v) is 6.56. The number of nitrogens with two attached hydrogens (primary N) is 1. The van der Waals surface area contributed by atoms with Crippen LogP contribution in [0.4, 0.5) is 0 Å². The van der Waals surface area contributed by atoms with Crippen LogP contribution in [0.25, 0.3) is 0 Å². The summed E-state index contributed by atoms with van der Waals surface area (Å²) in [7, 11) is 0. The Morgan fingerprint density at radius 3 is 2.40 bits per heavy atom. The van der Waals surface area contributed by atoms with Gasteiger partial charge in [0.2, 0.25) is 0 Å². The van der Waals surface area contributed by atoms with E-state index in [0.29, 0.717) is 6.04 Å². The van der Waals surface area contributed by atoms with Crippen LogP contribution < -0.4 is 5.73 Å². The zero-order chi connectivity index (χ0) is 10.3. The van der Waals surface area contributed by atoms with Gasteiger partial charge >= 0.3 is 0 Å². The zero-order valence-electron chi connectivity index (χ0n) is 9.57. The van der Waals surface area contributed by atoms with E-state index in [2.05, 4.69) is 9.80 Å². The van der Waals surface area contributed by atoms with Gasteiger partial charge in [0.05, 0.1) is 0 Å². The number of hydrogen-bond donors (Lipinski definition) is 1. The van der Waals surface area contributed by atoms with Gasteiger partial charge in [-0.1, -0.05) is 0 Å². The highest BCUT2D eigenvalue weighted by Gasteiger charge is 2.35. The lowest BCUT2D eigenvalue weighted by atomic mass is 9.86. The van der Waals surface area contributed by atoms with Crippen molar-refractivity contribution < 1.29 is 0 Å². The molecule has 2 N–H and O–H groups in total. The molecule has 15 heavy (non-hydrogen) atoms. The molecule has 0 radical (unpaired) electrons. The maximum atomic E-state index is 5.88. The average molecular weight is 209 g/mol. The number of rotatable bonds is 1. The summed E-state index contributed by atoms with van der Waals surface area (Å²) in [5, 5.41) is 0. The van der Waals surface area contributed by atoms with E-state index in [1.54, 1.807) is 0 Å². The van der Waals surface area contributed by atoms with Crippen LogP contribution in [0, 0.1) is 0 Å². The summed E-state index contributed by atoms with van der Waals surface area (Å²) in [6.45, 7) is 5.31. The molecular weight excluding hydrogens is 186 g/mol. The fourth-order valence-corrected chi connectivity index (χ4v) is 3.49. The molecule has 2 aliphatic heterocycles. The second-order valence-electron chi connectivity index (χ2n) is 5.57. The number of fused-ring (bicyclic) bond motifs is 1. The summed E-state index contributed by atoms with van der Waals surface area (Å²) >= 11 is 0. The fourth-order valence-electron chi connectivity index (χ4n) is 3.49. The van der Waals surface area contributed by atoms with Crippen LogP contribution in [0.3, 0.4) is 0 Å². The molecule has 2 saturated heterocycles. The van der Waals surface area contributed by atoms with Crippen molar-refractivity contribution in [3.63, 3.8) is 0 Å². The van der Waals surface area contributed by atoms with Gasteiger partial charge in [0, 0.05) is 24.7 Å². The predicted molar refractivity (Wildman–Crippen MR) is 61.8 cm³/mol. The summed E-state index contributed by atoms with van der Waals surface area (Å²) in [6.07, 6.45) is 6.69. The smallest absolute Gasteiger partial charge is 0.0223 e. The second-order valence-corrected chi connectivity index (χ2v) is 5.57. The molecule has 0 aromatic heterocycles. The molecule has 0 aromatic rings. The Morgan fingerprint density at radius 2 is 1.60 bits per heavy atom. The first kappa shape index (κ1) is 10.1. The van der Waals surface area contributed by atoms with E-state index in [0.717, 1.165) is 12.1 Å². The molecule has 1 aliphatic carbocycles. The van der Waals surface area contributed by atoms with E-state index < -0.39 is 0 Å². The molecule has 1 saturated carbocycles. The Hall–Kier alpha value is -0.120. The Labute approximate surface area is 92.6 Å². The van der Waals surface area contributed by atoms with Gasteiger partial charge in [0.25, 0.3) is 0 Å². The molecule has 2 heterocycles. The molecular formula is C12H23N3. The van der Waals surface area contributed by atoms with Crippen molar-refractivity contribution in [2.45, 2.75) is 50.2 Å². The standard InChI is InChI=1S/C12H23N3/c13-10-7-12(8-10)15-6-2-5-14-4-1-3-11(14)9-15/h10-12H,1-9,13H2. The molecule has 3 nitrogen and oxygen atoms in total. The molecule has 3 aliphatic rings. The molecule has 0 aromatic carbocycles. The van der Waals surface area contributed by atoms with Crippen LogP contribution in [0.2, 0.25) is 0 Å². The maximum absolute atomic E-state index is 5.88. The van der Waals surface area contributed by atoms with Crippen LogP contribution in [0.1, 0.15) is 32.1 Å². The lowest BCUT2D eigenvalue weighted by Gasteiger charge is -2.42. The van der Waals surface area contributed by atoms with Crippen molar-refractivity contribution in [2.75, 3.05) is 26.2 Å². The Bertz CT molecular complexity index is 225.